The number of carbonyl (C=O) groups excluding carboxylic acids is 1. The maximum absolute atomic E-state index is 10.3. The molecule has 1 saturated carbocycles. The number of likely N-dealkylation sites (N-methyl/N-ethyl adjacent to an activating group) is 1. The Balaban J connectivity index is 0.000000540. The Morgan fingerprint density at radius 2 is 1.40 bits per heavy atom. The van der Waals surface area contributed by atoms with Crippen molar-refractivity contribution in [3.63, 3.8) is 0 Å². The molecule has 0 bridgehead atoms. The molecule has 1 amide bonds. The Labute approximate surface area is 215 Å². The van der Waals surface area contributed by atoms with Crippen LogP contribution in [-0.4, -0.2) is 13.0 Å². The Morgan fingerprint density at radius 1 is 0.829 bits per heavy atom. The molecule has 3 rings (SSSR count). The number of aryl methyl sites for hydroxylation is 1. The minimum atomic E-state index is -0.0972. The highest BCUT2D eigenvalue weighted by Gasteiger charge is 2.22. The van der Waals surface area contributed by atoms with Gasteiger partial charge in [0.1, 0.15) is 0 Å². The molecule has 0 radical (unpaired) electrons. The molecule has 0 spiro atoms. The molecular weight excluding hydrogens is 426 g/mol. The van der Waals surface area contributed by atoms with Gasteiger partial charge < -0.3 is 5.32 Å². The van der Waals surface area contributed by atoms with Gasteiger partial charge in [-0.2, -0.15) is 0 Å². The van der Waals surface area contributed by atoms with Crippen LogP contribution in [0.1, 0.15) is 108 Å². The molecule has 0 aliphatic heterocycles. The van der Waals surface area contributed by atoms with Gasteiger partial charge in [-0.25, -0.2) is 0 Å². The van der Waals surface area contributed by atoms with Crippen molar-refractivity contribution in [3.8, 4) is 11.1 Å². The first-order valence-electron chi connectivity index (χ1n) is 14.0. The van der Waals surface area contributed by atoms with Gasteiger partial charge in [0.2, 0.25) is 5.91 Å². The van der Waals surface area contributed by atoms with E-state index in [1.165, 1.54) is 93.7 Å². The zero-order valence-corrected chi connectivity index (χ0v) is 22.9. The smallest absolute Gasteiger partial charge is 0.246 e. The van der Waals surface area contributed by atoms with Crippen LogP contribution in [0.2, 0.25) is 0 Å². The lowest BCUT2D eigenvalue weighted by molar-refractivity contribution is -0.116. The summed E-state index contributed by atoms with van der Waals surface area (Å²) in [5.41, 5.74) is 6.26. The third-order valence-corrected chi connectivity index (χ3v) is 7.39. The summed E-state index contributed by atoms with van der Waals surface area (Å²) in [5, 5.41) is 2.43. The quantitative estimate of drug-likeness (QED) is 0.255. The first-order valence-corrected chi connectivity index (χ1v) is 14.0. The largest absolute Gasteiger partial charge is 0.355 e. The number of nitrogens with one attached hydrogen (secondary N) is 1. The van der Waals surface area contributed by atoms with E-state index in [1.807, 2.05) is 0 Å². The van der Waals surface area contributed by atoms with Gasteiger partial charge in [0, 0.05) is 12.6 Å². The van der Waals surface area contributed by atoms with Gasteiger partial charge in [0.05, 0.1) is 0 Å². The van der Waals surface area contributed by atoms with E-state index < -0.39 is 0 Å². The van der Waals surface area contributed by atoms with E-state index in [1.54, 1.807) is 19.5 Å². The van der Waals surface area contributed by atoms with Crippen molar-refractivity contribution in [2.45, 2.75) is 104 Å². The first-order chi connectivity index (χ1) is 17.0. The van der Waals surface area contributed by atoms with Crippen LogP contribution in [0.3, 0.4) is 0 Å². The van der Waals surface area contributed by atoms with Crippen molar-refractivity contribution in [3.05, 3.63) is 71.8 Å². The standard InChI is InChI=1S/C28H40.C5H9NO/c1-3-5-6-7-8-10-24-13-17-26(18-14-24)28-21-19-27(20-22-28)25-15-11-23(9-4-2)12-16-25;1-4(2)5(7)6-3/h11-12,15-16,19-22,24,26H,3-10,13-14,17-18H2,1-2H3;1H2,2-3H3,(H,6,7). The van der Waals surface area contributed by atoms with E-state index in [-0.39, 0.29) is 5.91 Å². The van der Waals surface area contributed by atoms with Crippen molar-refractivity contribution in [1.29, 1.82) is 0 Å². The van der Waals surface area contributed by atoms with Gasteiger partial charge >= 0.3 is 0 Å². The topological polar surface area (TPSA) is 29.1 Å². The predicted octanol–water partition coefficient (Wildman–Crippen LogP) is 9.25. The summed E-state index contributed by atoms with van der Waals surface area (Å²) in [7, 11) is 1.58. The van der Waals surface area contributed by atoms with Crippen LogP contribution in [-0.2, 0) is 11.2 Å². The summed E-state index contributed by atoms with van der Waals surface area (Å²) >= 11 is 0. The number of unbranched alkanes of at least 4 members (excludes halogenated alkanes) is 4. The zero-order chi connectivity index (χ0) is 25.5. The van der Waals surface area contributed by atoms with Crippen LogP contribution in [0.5, 0.6) is 0 Å². The summed E-state index contributed by atoms with van der Waals surface area (Å²) < 4.78 is 0. The van der Waals surface area contributed by atoms with Crippen LogP contribution >= 0.6 is 0 Å². The van der Waals surface area contributed by atoms with Gasteiger partial charge in [0.15, 0.2) is 0 Å². The minimum absolute atomic E-state index is 0.0972. The fourth-order valence-electron chi connectivity index (χ4n) is 5.13. The lowest BCUT2D eigenvalue weighted by Gasteiger charge is -2.29. The van der Waals surface area contributed by atoms with Crippen molar-refractivity contribution >= 4 is 5.91 Å². The van der Waals surface area contributed by atoms with E-state index in [0.29, 0.717) is 5.57 Å². The molecule has 0 heterocycles. The summed E-state index contributed by atoms with van der Waals surface area (Å²) in [6.45, 7) is 9.63. The van der Waals surface area contributed by atoms with E-state index in [9.17, 15) is 4.79 Å². The lowest BCUT2D eigenvalue weighted by Crippen LogP contribution is -2.17. The van der Waals surface area contributed by atoms with Crippen LogP contribution < -0.4 is 5.32 Å². The average Bonchev–Trinajstić information content (AvgIpc) is 2.89. The normalized spacial score (nSPS) is 17.3. The van der Waals surface area contributed by atoms with Crippen LogP contribution in [0.4, 0.5) is 0 Å². The van der Waals surface area contributed by atoms with Gasteiger partial charge in [-0.05, 0) is 73.1 Å². The van der Waals surface area contributed by atoms with Crippen molar-refractivity contribution in [2.75, 3.05) is 7.05 Å². The number of amides is 1. The number of hydrogen-bond donors (Lipinski definition) is 1. The molecule has 0 atom stereocenters. The molecule has 2 heteroatoms. The predicted molar refractivity (Wildman–Crippen MR) is 153 cm³/mol. The maximum Gasteiger partial charge on any atom is 0.246 e. The second-order valence-electron chi connectivity index (χ2n) is 10.3. The fourth-order valence-corrected chi connectivity index (χ4v) is 5.13. The number of rotatable bonds is 11. The number of carbonyl (C=O) groups is 1. The highest BCUT2D eigenvalue weighted by molar-refractivity contribution is 5.91. The first kappa shape index (κ1) is 28.9. The fraction of sp³-hybridized carbons (Fsp3) is 0.545. The molecule has 35 heavy (non-hydrogen) atoms. The Kier molecular flexibility index (Phi) is 13.5. The molecule has 1 fully saturated rings. The summed E-state index contributed by atoms with van der Waals surface area (Å²) in [4.78, 5) is 10.3. The number of hydrogen-bond acceptors (Lipinski definition) is 1. The zero-order valence-electron chi connectivity index (χ0n) is 22.9. The summed E-state index contributed by atoms with van der Waals surface area (Å²) in [6, 6.07) is 18.6. The Morgan fingerprint density at radius 3 is 1.89 bits per heavy atom. The molecule has 1 N–H and O–H groups in total. The maximum atomic E-state index is 10.3. The van der Waals surface area contributed by atoms with E-state index in [4.69, 9.17) is 0 Å². The van der Waals surface area contributed by atoms with Gasteiger partial charge in [-0.1, -0.05) is 114 Å². The Bertz CT molecular complexity index is 857. The number of benzene rings is 2. The van der Waals surface area contributed by atoms with E-state index >= 15 is 0 Å². The minimum Gasteiger partial charge on any atom is -0.355 e. The molecule has 2 aromatic rings. The van der Waals surface area contributed by atoms with Gasteiger partial charge in [-0.15, -0.1) is 0 Å². The highest BCUT2D eigenvalue weighted by Crippen LogP contribution is 2.38. The van der Waals surface area contributed by atoms with Gasteiger partial charge in [-0.3, -0.25) is 4.79 Å². The second kappa shape index (κ2) is 16.3. The van der Waals surface area contributed by atoms with E-state index in [0.717, 1.165) is 11.8 Å². The van der Waals surface area contributed by atoms with Crippen LogP contribution in [0.25, 0.3) is 11.1 Å². The van der Waals surface area contributed by atoms with Crippen LogP contribution in [0, 0.1) is 5.92 Å². The molecule has 0 saturated heterocycles. The molecule has 0 unspecified atom stereocenters. The molecule has 2 aromatic carbocycles. The Hall–Kier alpha value is -2.35. The monoisotopic (exact) mass is 475 g/mol. The van der Waals surface area contributed by atoms with Crippen molar-refractivity contribution in [2.24, 2.45) is 5.92 Å². The SMILES string of the molecule is C=C(C)C(=O)NC.CCCCCCCC1CCC(c2ccc(-c3ccc(CCC)cc3)cc2)CC1. The summed E-state index contributed by atoms with van der Waals surface area (Å²) in [5.74, 6) is 1.69. The van der Waals surface area contributed by atoms with E-state index in [2.05, 4.69) is 74.3 Å². The van der Waals surface area contributed by atoms with Crippen molar-refractivity contribution in [1.82, 2.24) is 5.32 Å². The molecule has 1 aliphatic carbocycles. The van der Waals surface area contributed by atoms with Gasteiger partial charge in [0.25, 0.3) is 0 Å². The highest BCUT2D eigenvalue weighted by atomic mass is 16.1. The third kappa shape index (κ3) is 10.4. The second-order valence-corrected chi connectivity index (χ2v) is 10.3. The van der Waals surface area contributed by atoms with Crippen LogP contribution in [0.15, 0.2) is 60.7 Å². The molecule has 0 aromatic heterocycles. The average molecular weight is 476 g/mol. The molecule has 1 aliphatic rings. The third-order valence-electron chi connectivity index (χ3n) is 7.39. The molecule has 192 valence electrons. The van der Waals surface area contributed by atoms with Crippen molar-refractivity contribution < 1.29 is 4.79 Å². The molecule has 2 nitrogen and oxygen atoms in total. The molecular formula is C33H49NO. The summed E-state index contributed by atoms with van der Waals surface area (Å²) in [6.07, 6.45) is 16.7. The lowest BCUT2D eigenvalue weighted by atomic mass is 9.77.